The van der Waals surface area contributed by atoms with Crippen LogP contribution in [0.1, 0.15) is 40.5 Å². The maximum atomic E-state index is 12.0. The second-order valence-corrected chi connectivity index (χ2v) is 17.8. The summed E-state index contributed by atoms with van der Waals surface area (Å²) >= 11 is 0. The van der Waals surface area contributed by atoms with Gasteiger partial charge in [0, 0.05) is 6.42 Å². The van der Waals surface area contributed by atoms with Crippen LogP contribution in [-0.4, -0.2) is 22.4 Å². The largest absolute Gasteiger partial charge is 0.519 e. The molecule has 0 spiro atoms. The zero-order valence-corrected chi connectivity index (χ0v) is 16.3. The van der Waals surface area contributed by atoms with Gasteiger partial charge in [0.05, 0.1) is 8.07 Å². The molecule has 0 amide bonds. The second-order valence-electron chi connectivity index (χ2n) is 8.09. The van der Waals surface area contributed by atoms with Crippen molar-refractivity contribution >= 4 is 22.4 Å². The van der Waals surface area contributed by atoms with Crippen LogP contribution in [0, 0.1) is 0 Å². The van der Waals surface area contributed by atoms with E-state index < -0.39 is 16.4 Å². The minimum atomic E-state index is -1.95. The molecule has 0 fully saturated rings. The Kier molecular flexibility index (Phi) is 6.28. The molecule has 0 aromatic heterocycles. The third kappa shape index (κ3) is 7.72. The van der Waals surface area contributed by atoms with Gasteiger partial charge in [0.2, 0.25) is 0 Å². The van der Waals surface area contributed by atoms with Gasteiger partial charge in [0.15, 0.2) is 0 Å². The fourth-order valence-electron chi connectivity index (χ4n) is 1.60. The van der Waals surface area contributed by atoms with E-state index in [0.717, 1.165) is 6.42 Å². The summed E-state index contributed by atoms with van der Waals surface area (Å²) in [6, 6.07) is 0. The van der Waals surface area contributed by atoms with E-state index in [0.29, 0.717) is 6.42 Å². The molecule has 4 heteroatoms. The molecule has 0 atom stereocenters. The Morgan fingerprint density at radius 1 is 1.05 bits per heavy atom. The third-order valence-electron chi connectivity index (χ3n) is 3.58. The summed E-state index contributed by atoms with van der Waals surface area (Å²) in [4.78, 5) is 12.0. The van der Waals surface area contributed by atoms with Gasteiger partial charge >= 0.3 is 0 Å². The lowest BCUT2D eigenvalue weighted by Gasteiger charge is -2.35. The molecule has 0 aromatic rings. The summed E-state index contributed by atoms with van der Waals surface area (Å²) in [7, 11) is -3.12. The normalized spacial score (nSPS) is 14.5. The molecule has 19 heavy (non-hydrogen) atoms. The second kappa shape index (κ2) is 6.40. The van der Waals surface area contributed by atoms with Crippen LogP contribution in [0.4, 0.5) is 0 Å². The van der Waals surface area contributed by atoms with E-state index in [1.165, 1.54) is 5.57 Å². The van der Waals surface area contributed by atoms with Crippen molar-refractivity contribution in [1.29, 1.82) is 0 Å². The molecule has 0 heterocycles. The smallest absolute Gasteiger partial charge is 0.292 e. The molecule has 0 bridgehead atoms. The Balaban J connectivity index is 4.40. The molecule has 0 aliphatic rings. The molecule has 0 saturated heterocycles. The highest BCUT2D eigenvalue weighted by molar-refractivity contribution is 6.81. The van der Waals surface area contributed by atoms with Crippen LogP contribution in [-0.2, 0) is 9.22 Å². The number of rotatable bonds is 5. The van der Waals surface area contributed by atoms with Crippen LogP contribution in [0.15, 0.2) is 11.3 Å². The number of carbonyl (C=O) groups is 1. The highest BCUT2D eigenvalue weighted by Crippen LogP contribution is 2.36. The van der Waals surface area contributed by atoms with E-state index in [4.69, 9.17) is 4.43 Å². The van der Waals surface area contributed by atoms with Crippen molar-refractivity contribution in [2.75, 3.05) is 0 Å². The van der Waals surface area contributed by atoms with Gasteiger partial charge in [-0.1, -0.05) is 51.7 Å². The van der Waals surface area contributed by atoms with Crippen LogP contribution in [0.2, 0.25) is 37.8 Å². The first-order chi connectivity index (χ1) is 8.24. The molecule has 0 radical (unpaired) electrons. The van der Waals surface area contributed by atoms with E-state index in [1.54, 1.807) is 0 Å². The van der Waals surface area contributed by atoms with E-state index >= 15 is 0 Å². The topological polar surface area (TPSA) is 26.3 Å². The van der Waals surface area contributed by atoms with E-state index in [-0.39, 0.29) is 11.0 Å². The van der Waals surface area contributed by atoms with Crippen LogP contribution < -0.4 is 0 Å². The van der Waals surface area contributed by atoms with Gasteiger partial charge in [-0.05, 0) is 31.5 Å². The van der Waals surface area contributed by atoms with Crippen LogP contribution >= 0.6 is 0 Å². The standard InChI is InChI=1S/C15H32O2Si2/c1-13(12-18(5,6)7)10-11-14(16)17-19(8,9)15(2,3)4/h12H,10-11H2,1-9H3/b13-12+. The Labute approximate surface area is 121 Å². The van der Waals surface area contributed by atoms with Crippen molar-refractivity contribution in [1.82, 2.24) is 0 Å². The van der Waals surface area contributed by atoms with Gasteiger partial charge in [0.1, 0.15) is 0 Å². The first-order valence-electron chi connectivity index (χ1n) is 7.15. The molecule has 0 N–H and O–H groups in total. The highest BCUT2D eigenvalue weighted by atomic mass is 28.4. The van der Waals surface area contributed by atoms with Crippen LogP contribution in [0.3, 0.4) is 0 Å². The average molecular weight is 301 g/mol. The van der Waals surface area contributed by atoms with Crippen LogP contribution in [0.25, 0.3) is 0 Å². The van der Waals surface area contributed by atoms with Crippen molar-refractivity contribution in [2.45, 2.75) is 78.3 Å². The van der Waals surface area contributed by atoms with Gasteiger partial charge in [-0.3, -0.25) is 4.79 Å². The molecule has 0 saturated carbocycles. The summed E-state index contributed by atoms with van der Waals surface area (Å²) in [6.45, 7) is 19.8. The predicted octanol–water partition coefficient (Wildman–Crippen LogP) is 5.14. The molecular formula is C15H32O2Si2. The minimum Gasteiger partial charge on any atom is -0.519 e. The molecule has 0 unspecified atom stereocenters. The molecular weight excluding hydrogens is 268 g/mol. The monoisotopic (exact) mass is 300 g/mol. The SMILES string of the molecule is C/C(=C\[Si](C)(C)C)CCC(=O)O[Si](C)(C)C(C)(C)C. The van der Waals surface area contributed by atoms with Gasteiger partial charge < -0.3 is 4.43 Å². The summed E-state index contributed by atoms with van der Waals surface area (Å²) in [5.41, 5.74) is 3.69. The van der Waals surface area contributed by atoms with E-state index in [2.05, 4.69) is 66.1 Å². The lowest BCUT2D eigenvalue weighted by atomic mass is 10.2. The summed E-state index contributed by atoms with van der Waals surface area (Å²) < 4.78 is 5.77. The Morgan fingerprint density at radius 3 is 1.89 bits per heavy atom. The fourth-order valence-corrected chi connectivity index (χ4v) is 4.20. The first kappa shape index (κ1) is 18.6. The molecule has 0 aromatic carbocycles. The van der Waals surface area contributed by atoms with Gasteiger partial charge in [0.25, 0.3) is 14.3 Å². The van der Waals surface area contributed by atoms with E-state index in [1.807, 2.05) is 0 Å². The van der Waals surface area contributed by atoms with Crippen molar-refractivity contribution in [3.63, 3.8) is 0 Å². The molecule has 112 valence electrons. The summed E-state index contributed by atoms with van der Waals surface area (Å²) in [5.74, 6) is -0.0325. The van der Waals surface area contributed by atoms with Gasteiger partial charge in [-0.2, -0.15) is 0 Å². The Morgan fingerprint density at radius 2 is 1.53 bits per heavy atom. The highest BCUT2D eigenvalue weighted by Gasteiger charge is 2.40. The van der Waals surface area contributed by atoms with E-state index in [9.17, 15) is 4.79 Å². The number of hydrogen-bond acceptors (Lipinski definition) is 2. The zero-order valence-electron chi connectivity index (χ0n) is 14.3. The lowest BCUT2D eigenvalue weighted by molar-refractivity contribution is -0.135. The quantitative estimate of drug-likeness (QED) is 0.657. The van der Waals surface area contributed by atoms with Crippen LogP contribution in [0.5, 0.6) is 0 Å². The third-order valence-corrected chi connectivity index (χ3v) is 9.29. The molecule has 0 aliphatic heterocycles. The summed E-state index contributed by atoms with van der Waals surface area (Å²) in [6.07, 6.45) is 1.34. The minimum absolute atomic E-state index is 0.0325. The average Bonchev–Trinajstić information content (AvgIpc) is 2.09. The first-order valence-corrected chi connectivity index (χ1v) is 13.6. The van der Waals surface area contributed by atoms with Gasteiger partial charge in [-0.15, -0.1) is 0 Å². The fraction of sp³-hybridized carbons (Fsp3) is 0.800. The Hall–Kier alpha value is -0.356. The van der Waals surface area contributed by atoms with Gasteiger partial charge in [-0.25, -0.2) is 0 Å². The zero-order chi connectivity index (χ0) is 15.5. The molecule has 0 aliphatic carbocycles. The van der Waals surface area contributed by atoms with Crippen molar-refractivity contribution in [3.8, 4) is 0 Å². The predicted molar refractivity (Wildman–Crippen MR) is 89.6 cm³/mol. The maximum absolute atomic E-state index is 12.0. The Bertz CT molecular complexity index is 344. The van der Waals surface area contributed by atoms with Crippen molar-refractivity contribution in [2.24, 2.45) is 0 Å². The number of hydrogen-bond donors (Lipinski definition) is 0. The number of carbonyl (C=O) groups excluding carboxylic acids is 1. The number of allylic oxidation sites excluding steroid dienone is 1. The molecule has 2 nitrogen and oxygen atoms in total. The van der Waals surface area contributed by atoms with Crippen molar-refractivity contribution in [3.05, 3.63) is 11.3 Å². The maximum Gasteiger partial charge on any atom is 0.292 e. The van der Waals surface area contributed by atoms with Crippen molar-refractivity contribution < 1.29 is 9.22 Å². The lowest BCUT2D eigenvalue weighted by Crippen LogP contribution is -2.42. The molecule has 0 rings (SSSR count). The summed E-state index contributed by atoms with van der Waals surface area (Å²) in [5, 5.41) is 0.0892.